The summed E-state index contributed by atoms with van der Waals surface area (Å²) in [6.07, 6.45) is 6.06. The predicted octanol–water partition coefficient (Wildman–Crippen LogP) is 5.99. The summed E-state index contributed by atoms with van der Waals surface area (Å²) in [4.78, 5) is 14.5. The van der Waals surface area contributed by atoms with Gasteiger partial charge >= 0.3 is 6.16 Å². The van der Waals surface area contributed by atoms with E-state index in [1.165, 1.54) is 25.3 Å². The largest absolute Gasteiger partial charge is 0.514 e. The zero-order valence-electron chi connectivity index (χ0n) is 15.8. The number of anilines is 1. The molecule has 0 atom stereocenters. The van der Waals surface area contributed by atoms with Gasteiger partial charge in [-0.05, 0) is 68.4 Å². The SMILES string of the molecule is O=C(Oc1ccc(N(CCI)CCI)c(F)c1)OC12CC3CC(CC(C3)C1)C2. The number of carbonyl (C=O) groups excluding carboxylic acids is 1. The summed E-state index contributed by atoms with van der Waals surface area (Å²) in [6.45, 7) is 1.57. The molecule has 4 aliphatic carbocycles. The Labute approximate surface area is 193 Å². The number of hydrogen-bond acceptors (Lipinski definition) is 4. The molecule has 4 aliphatic rings. The number of carbonyl (C=O) groups is 1. The lowest BCUT2D eigenvalue weighted by Crippen LogP contribution is -2.53. The van der Waals surface area contributed by atoms with Crippen LogP contribution in [0.2, 0.25) is 0 Å². The minimum Gasteiger partial charge on any atom is -0.427 e. The van der Waals surface area contributed by atoms with Gasteiger partial charge in [0, 0.05) is 28.0 Å². The quantitative estimate of drug-likeness (QED) is 0.164. The average molecular weight is 613 g/mol. The summed E-state index contributed by atoms with van der Waals surface area (Å²) < 4.78 is 27.7. The lowest BCUT2D eigenvalue weighted by molar-refractivity contribution is -0.135. The molecule has 0 unspecified atom stereocenters. The Morgan fingerprint density at radius 2 is 1.64 bits per heavy atom. The van der Waals surface area contributed by atoms with E-state index in [9.17, 15) is 9.18 Å². The molecule has 7 heteroatoms. The Morgan fingerprint density at radius 1 is 1.07 bits per heavy atom. The minimum atomic E-state index is -0.689. The summed E-state index contributed by atoms with van der Waals surface area (Å²) in [7, 11) is 0. The van der Waals surface area contributed by atoms with Gasteiger partial charge in [0.05, 0.1) is 5.69 Å². The Hall–Kier alpha value is -0.320. The highest BCUT2D eigenvalue weighted by Gasteiger charge is 2.53. The van der Waals surface area contributed by atoms with Crippen molar-refractivity contribution in [2.24, 2.45) is 17.8 Å². The lowest BCUT2D eigenvalue weighted by Gasteiger charge is -2.55. The topological polar surface area (TPSA) is 38.8 Å². The Morgan fingerprint density at radius 3 is 2.14 bits per heavy atom. The van der Waals surface area contributed by atoms with E-state index in [2.05, 4.69) is 45.2 Å². The van der Waals surface area contributed by atoms with Crippen molar-refractivity contribution >= 4 is 57.0 Å². The molecular formula is C21H26FI2NO3. The van der Waals surface area contributed by atoms with Crippen molar-refractivity contribution in [3.63, 3.8) is 0 Å². The molecule has 0 saturated heterocycles. The molecule has 1 aromatic rings. The fourth-order valence-electron chi connectivity index (χ4n) is 5.81. The minimum absolute atomic E-state index is 0.208. The molecule has 0 spiro atoms. The summed E-state index contributed by atoms with van der Waals surface area (Å²) in [5.74, 6) is 1.92. The predicted molar refractivity (Wildman–Crippen MR) is 124 cm³/mol. The number of ether oxygens (including phenoxy) is 2. The van der Waals surface area contributed by atoms with Crippen molar-refractivity contribution in [2.75, 3.05) is 26.8 Å². The van der Waals surface area contributed by atoms with Crippen LogP contribution in [0.1, 0.15) is 38.5 Å². The standard InChI is InChI=1S/C21H26FI2NO3/c22-18-10-17(1-2-19(18)25(5-3-23)6-4-24)27-20(26)28-21-11-14-7-15(12-21)9-16(8-14)13-21/h1-2,10,14-16H,3-9,11-13H2. The van der Waals surface area contributed by atoms with Crippen LogP contribution in [0, 0.1) is 23.6 Å². The van der Waals surface area contributed by atoms with Gasteiger partial charge in [0.2, 0.25) is 0 Å². The molecule has 5 rings (SSSR count). The summed E-state index contributed by atoms with van der Waals surface area (Å²) in [6, 6.07) is 4.65. The first kappa shape index (κ1) is 20.9. The van der Waals surface area contributed by atoms with Gasteiger partial charge in [-0.15, -0.1) is 0 Å². The van der Waals surface area contributed by atoms with Crippen LogP contribution in [-0.4, -0.2) is 33.7 Å². The molecule has 0 N–H and O–H groups in total. The van der Waals surface area contributed by atoms with Crippen LogP contribution >= 0.6 is 45.2 Å². The van der Waals surface area contributed by atoms with Gasteiger partial charge in [-0.25, -0.2) is 9.18 Å². The molecule has 4 saturated carbocycles. The van der Waals surface area contributed by atoms with Crippen molar-refractivity contribution in [2.45, 2.75) is 44.1 Å². The van der Waals surface area contributed by atoms with Gasteiger partial charge < -0.3 is 14.4 Å². The summed E-state index contributed by atoms with van der Waals surface area (Å²) >= 11 is 4.59. The van der Waals surface area contributed by atoms with Gasteiger partial charge in [-0.3, -0.25) is 0 Å². The van der Waals surface area contributed by atoms with Crippen LogP contribution in [-0.2, 0) is 4.74 Å². The molecule has 4 fully saturated rings. The van der Waals surface area contributed by atoms with Gasteiger partial charge in [0.25, 0.3) is 0 Å². The number of nitrogens with zero attached hydrogens (tertiary/aromatic N) is 1. The second-order valence-electron chi connectivity index (χ2n) is 8.53. The van der Waals surface area contributed by atoms with E-state index >= 15 is 0 Å². The third-order valence-electron chi connectivity index (χ3n) is 6.45. The summed E-state index contributed by atoms with van der Waals surface area (Å²) in [5.41, 5.74) is 0.206. The van der Waals surface area contributed by atoms with E-state index in [0.29, 0.717) is 23.4 Å². The maximum atomic E-state index is 14.6. The van der Waals surface area contributed by atoms with Gasteiger partial charge in [0.1, 0.15) is 17.2 Å². The molecule has 0 radical (unpaired) electrons. The number of hydrogen-bond donors (Lipinski definition) is 0. The maximum absolute atomic E-state index is 14.6. The van der Waals surface area contributed by atoms with E-state index in [1.807, 2.05) is 4.90 Å². The molecule has 0 amide bonds. The average Bonchev–Trinajstić information content (AvgIpc) is 2.60. The van der Waals surface area contributed by atoms with Crippen LogP contribution in [0.5, 0.6) is 5.75 Å². The van der Waals surface area contributed by atoms with E-state index in [0.717, 1.165) is 41.2 Å². The van der Waals surface area contributed by atoms with E-state index in [4.69, 9.17) is 9.47 Å². The van der Waals surface area contributed by atoms with Gasteiger partial charge in [-0.1, -0.05) is 45.2 Å². The van der Waals surface area contributed by atoms with Crippen molar-refractivity contribution in [1.29, 1.82) is 0 Å². The van der Waals surface area contributed by atoms with Crippen LogP contribution < -0.4 is 9.64 Å². The normalized spacial score (nSPS) is 30.3. The highest BCUT2D eigenvalue weighted by Crippen LogP contribution is 2.57. The van der Waals surface area contributed by atoms with Crippen molar-refractivity contribution < 1.29 is 18.7 Å². The Kier molecular flexibility index (Phi) is 6.59. The number of alkyl halides is 2. The fraction of sp³-hybridized carbons (Fsp3) is 0.667. The van der Waals surface area contributed by atoms with Crippen LogP contribution in [0.15, 0.2) is 18.2 Å². The third-order valence-corrected chi connectivity index (χ3v) is 7.42. The molecular weight excluding hydrogens is 587 g/mol. The molecule has 4 bridgehead atoms. The summed E-state index contributed by atoms with van der Waals surface area (Å²) in [5, 5.41) is 0. The zero-order valence-corrected chi connectivity index (χ0v) is 20.2. The molecule has 154 valence electrons. The van der Waals surface area contributed by atoms with Crippen LogP contribution in [0.3, 0.4) is 0 Å². The third kappa shape index (κ3) is 4.54. The highest BCUT2D eigenvalue weighted by atomic mass is 127. The first-order valence-electron chi connectivity index (χ1n) is 10.1. The number of benzene rings is 1. The highest BCUT2D eigenvalue weighted by molar-refractivity contribution is 14.1. The Balaban J connectivity index is 1.40. The fourth-order valence-corrected chi connectivity index (χ4v) is 6.98. The molecule has 1 aromatic carbocycles. The smallest absolute Gasteiger partial charge is 0.427 e. The van der Waals surface area contributed by atoms with Crippen molar-refractivity contribution in [3.05, 3.63) is 24.0 Å². The number of rotatable bonds is 7. The first-order chi connectivity index (χ1) is 13.5. The molecule has 4 nitrogen and oxygen atoms in total. The van der Waals surface area contributed by atoms with E-state index in [-0.39, 0.29) is 17.2 Å². The van der Waals surface area contributed by atoms with Gasteiger partial charge in [-0.2, -0.15) is 0 Å². The molecule has 0 heterocycles. The number of halogens is 3. The van der Waals surface area contributed by atoms with Crippen molar-refractivity contribution in [1.82, 2.24) is 0 Å². The van der Waals surface area contributed by atoms with Crippen LogP contribution in [0.25, 0.3) is 0 Å². The Bertz CT molecular complexity index is 688. The van der Waals surface area contributed by atoms with Gasteiger partial charge in [0.15, 0.2) is 0 Å². The van der Waals surface area contributed by atoms with E-state index in [1.54, 1.807) is 12.1 Å². The molecule has 0 aromatic heterocycles. The second-order valence-corrected chi connectivity index (χ2v) is 10.7. The lowest BCUT2D eigenvalue weighted by atomic mass is 9.54. The molecule has 28 heavy (non-hydrogen) atoms. The second kappa shape index (κ2) is 8.81. The first-order valence-corrected chi connectivity index (χ1v) is 13.1. The van der Waals surface area contributed by atoms with E-state index < -0.39 is 6.16 Å². The van der Waals surface area contributed by atoms with Crippen LogP contribution in [0.4, 0.5) is 14.9 Å². The van der Waals surface area contributed by atoms with Crippen molar-refractivity contribution in [3.8, 4) is 5.75 Å². The zero-order chi connectivity index (χ0) is 19.7. The molecule has 0 aliphatic heterocycles. The maximum Gasteiger partial charge on any atom is 0.514 e. The monoisotopic (exact) mass is 613 g/mol.